The molecule has 3 N–H and O–H groups in total. The number of nitrogens with one attached hydrogen (secondary N) is 2. The van der Waals surface area contributed by atoms with Gasteiger partial charge in [-0.05, 0) is 31.0 Å². The third-order valence-corrected chi connectivity index (χ3v) is 3.42. The van der Waals surface area contributed by atoms with Gasteiger partial charge in [0, 0.05) is 18.7 Å². The summed E-state index contributed by atoms with van der Waals surface area (Å²) in [5.41, 5.74) is 0.971. The molecule has 1 aromatic carbocycles. The first-order valence-electron chi connectivity index (χ1n) is 6.57. The summed E-state index contributed by atoms with van der Waals surface area (Å²) < 4.78 is 13.4. The van der Waals surface area contributed by atoms with Crippen molar-refractivity contribution in [3.63, 3.8) is 0 Å². The summed E-state index contributed by atoms with van der Waals surface area (Å²) in [5, 5.41) is 14.9. The molecule has 2 rings (SSSR count). The number of hydrogen-bond acceptors (Lipinski definition) is 3. The number of hydrogen-bond donors (Lipinski definition) is 3. The van der Waals surface area contributed by atoms with Gasteiger partial charge in [-0.25, -0.2) is 4.39 Å². The quantitative estimate of drug-likeness (QED) is 0.787. The lowest BCUT2D eigenvalue weighted by Crippen LogP contribution is -2.40. The second kappa shape index (κ2) is 8.19. The van der Waals surface area contributed by atoms with Crippen LogP contribution in [0, 0.1) is 11.7 Å². The van der Waals surface area contributed by atoms with E-state index in [1.165, 1.54) is 6.07 Å². The van der Waals surface area contributed by atoms with E-state index in [-0.39, 0.29) is 36.4 Å². The molecule has 20 heavy (non-hydrogen) atoms. The van der Waals surface area contributed by atoms with E-state index in [1.807, 2.05) is 0 Å². The molecule has 1 saturated heterocycles. The second-order valence-electron chi connectivity index (χ2n) is 4.84. The van der Waals surface area contributed by atoms with Crippen LogP contribution < -0.4 is 10.6 Å². The van der Waals surface area contributed by atoms with E-state index in [0.717, 1.165) is 19.4 Å². The number of aliphatic hydroxyl groups excluding tert-OH is 1. The van der Waals surface area contributed by atoms with Gasteiger partial charge in [-0.15, -0.1) is 12.4 Å². The van der Waals surface area contributed by atoms with E-state index in [0.29, 0.717) is 18.7 Å². The lowest BCUT2D eigenvalue weighted by atomic mass is 9.99. The molecule has 0 bridgehead atoms. The average Bonchev–Trinajstić information content (AvgIpc) is 2.46. The lowest BCUT2D eigenvalue weighted by molar-refractivity contribution is -0.125. The molecule has 0 aliphatic carbocycles. The van der Waals surface area contributed by atoms with Gasteiger partial charge in [-0.2, -0.15) is 0 Å². The van der Waals surface area contributed by atoms with Gasteiger partial charge < -0.3 is 15.7 Å². The highest BCUT2D eigenvalue weighted by molar-refractivity contribution is 5.85. The fourth-order valence-electron chi connectivity index (χ4n) is 2.24. The predicted octanol–water partition coefficient (Wildman–Crippen LogP) is 1.36. The van der Waals surface area contributed by atoms with Crippen LogP contribution >= 0.6 is 12.4 Å². The van der Waals surface area contributed by atoms with Gasteiger partial charge >= 0.3 is 0 Å². The smallest absolute Gasteiger partial charge is 0.224 e. The Hall–Kier alpha value is -1.17. The number of carbonyl (C=O) groups is 1. The van der Waals surface area contributed by atoms with E-state index in [1.54, 1.807) is 12.1 Å². The molecule has 1 aliphatic rings. The van der Waals surface area contributed by atoms with Crippen molar-refractivity contribution in [1.29, 1.82) is 0 Å². The summed E-state index contributed by atoms with van der Waals surface area (Å²) in [7, 11) is 0. The van der Waals surface area contributed by atoms with Gasteiger partial charge in [0.2, 0.25) is 5.91 Å². The van der Waals surface area contributed by atoms with Crippen LogP contribution in [0.2, 0.25) is 0 Å². The van der Waals surface area contributed by atoms with Crippen LogP contribution in [-0.2, 0) is 17.9 Å². The zero-order valence-electron chi connectivity index (χ0n) is 11.2. The molecule has 0 aromatic heterocycles. The minimum absolute atomic E-state index is 0. The van der Waals surface area contributed by atoms with Gasteiger partial charge in [-0.1, -0.05) is 12.1 Å². The number of carbonyl (C=O) groups excluding carboxylic acids is 1. The van der Waals surface area contributed by atoms with Crippen molar-refractivity contribution in [2.75, 3.05) is 13.1 Å². The van der Waals surface area contributed by atoms with Crippen molar-refractivity contribution in [2.24, 2.45) is 5.92 Å². The number of aliphatic hydroxyl groups is 1. The largest absolute Gasteiger partial charge is 0.392 e. The summed E-state index contributed by atoms with van der Waals surface area (Å²) in [5.74, 6) is -0.414. The van der Waals surface area contributed by atoms with Crippen molar-refractivity contribution in [3.8, 4) is 0 Å². The van der Waals surface area contributed by atoms with Crippen LogP contribution in [0.3, 0.4) is 0 Å². The third-order valence-electron chi connectivity index (χ3n) is 3.42. The van der Waals surface area contributed by atoms with E-state index in [9.17, 15) is 9.18 Å². The summed E-state index contributed by atoms with van der Waals surface area (Å²) in [4.78, 5) is 11.9. The molecule has 1 aliphatic heterocycles. The summed E-state index contributed by atoms with van der Waals surface area (Å²) in [6.45, 7) is 1.69. The highest BCUT2D eigenvalue weighted by atomic mass is 35.5. The normalized spacial score (nSPS) is 18.2. The molecular weight excluding hydrogens is 283 g/mol. The molecule has 1 heterocycles. The highest BCUT2D eigenvalue weighted by Gasteiger charge is 2.20. The second-order valence-corrected chi connectivity index (χ2v) is 4.84. The Morgan fingerprint density at radius 3 is 2.90 bits per heavy atom. The standard InChI is InChI=1S/C14H19FN2O2.ClH/c15-13-6-10(3-4-12(13)9-18)7-17-14(19)11-2-1-5-16-8-11;/h3-4,6,11,16,18H,1-2,5,7-9H2,(H,17,19);1H. The Kier molecular flexibility index (Phi) is 6.91. The van der Waals surface area contributed by atoms with Crippen molar-refractivity contribution in [1.82, 2.24) is 10.6 Å². The molecule has 1 unspecified atom stereocenters. The Morgan fingerprint density at radius 1 is 1.50 bits per heavy atom. The molecule has 1 fully saturated rings. The van der Waals surface area contributed by atoms with Crippen molar-refractivity contribution in [3.05, 3.63) is 35.1 Å². The monoisotopic (exact) mass is 302 g/mol. The minimum atomic E-state index is -0.436. The first kappa shape index (κ1) is 16.9. The van der Waals surface area contributed by atoms with Crippen molar-refractivity contribution < 1.29 is 14.3 Å². The Morgan fingerprint density at radius 2 is 2.30 bits per heavy atom. The molecule has 0 radical (unpaired) electrons. The molecule has 1 aromatic rings. The Labute approximate surface area is 124 Å². The van der Waals surface area contributed by atoms with Crippen LogP contribution in [0.1, 0.15) is 24.0 Å². The summed E-state index contributed by atoms with van der Waals surface area (Å²) in [6, 6.07) is 4.61. The van der Waals surface area contributed by atoms with Crippen LogP contribution in [0.5, 0.6) is 0 Å². The topological polar surface area (TPSA) is 61.4 Å². The number of benzene rings is 1. The molecule has 112 valence electrons. The molecule has 4 nitrogen and oxygen atoms in total. The zero-order chi connectivity index (χ0) is 13.7. The molecule has 1 amide bonds. The maximum Gasteiger partial charge on any atom is 0.224 e. The fraction of sp³-hybridized carbons (Fsp3) is 0.500. The van der Waals surface area contributed by atoms with E-state index >= 15 is 0 Å². The van der Waals surface area contributed by atoms with E-state index in [4.69, 9.17) is 5.11 Å². The van der Waals surface area contributed by atoms with Gasteiger partial charge in [-0.3, -0.25) is 4.79 Å². The maximum absolute atomic E-state index is 13.4. The average molecular weight is 303 g/mol. The number of amides is 1. The van der Waals surface area contributed by atoms with Crippen molar-refractivity contribution >= 4 is 18.3 Å². The highest BCUT2D eigenvalue weighted by Crippen LogP contribution is 2.12. The molecule has 6 heteroatoms. The number of piperidine rings is 1. The Bertz CT molecular complexity index is 451. The minimum Gasteiger partial charge on any atom is -0.392 e. The number of halogens is 2. The van der Waals surface area contributed by atoms with Gasteiger partial charge in [0.05, 0.1) is 12.5 Å². The maximum atomic E-state index is 13.4. The van der Waals surface area contributed by atoms with Crippen LogP contribution in [0.4, 0.5) is 4.39 Å². The fourth-order valence-corrected chi connectivity index (χ4v) is 2.24. The molecule has 0 saturated carbocycles. The molecular formula is C14H20ClFN2O2. The SMILES string of the molecule is Cl.O=C(NCc1ccc(CO)c(F)c1)C1CCCNC1. The summed E-state index contributed by atoms with van der Waals surface area (Å²) >= 11 is 0. The Balaban J connectivity index is 0.00000200. The van der Waals surface area contributed by atoms with Crippen LogP contribution in [0.25, 0.3) is 0 Å². The third kappa shape index (κ3) is 4.44. The van der Waals surface area contributed by atoms with Crippen LogP contribution in [0.15, 0.2) is 18.2 Å². The lowest BCUT2D eigenvalue weighted by Gasteiger charge is -2.21. The summed E-state index contributed by atoms with van der Waals surface area (Å²) in [6.07, 6.45) is 1.91. The van der Waals surface area contributed by atoms with Crippen molar-refractivity contribution in [2.45, 2.75) is 26.0 Å². The molecule has 1 atom stereocenters. The molecule has 0 spiro atoms. The van der Waals surface area contributed by atoms with Gasteiger partial charge in [0.1, 0.15) is 5.82 Å². The predicted molar refractivity (Wildman–Crippen MR) is 77.0 cm³/mol. The number of rotatable bonds is 4. The first-order chi connectivity index (χ1) is 9.20. The van der Waals surface area contributed by atoms with E-state index in [2.05, 4.69) is 10.6 Å². The zero-order valence-corrected chi connectivity index (χ0v) is 12.0. The van der Waals surface area contributed by atoms with Crippen LogP contribution in [-0.4, -0.2) is 24.1 Å². The van der Waals surface area contributed by atoms with Gasteiger partial charge in [0.25, 0.3) is 0 Å². The van der Waals surface area contributed by atoms with Gasteiger partial charge in [0.15, 0.2) is 0 Å². The first-order valence-corrected chi connectivity index (χ1v) is 6.57. The van der Waals surface area contributed by atoms with E-state index < -0.39 is 5.82 Å².